The highest BCUT2D eigenvalue weighted by Crippen LogP contribution is 2.19. The molecule has 2 aromatic carbocycles. The van der Waals surface area contributed by atoms with Gasteiger partial charge in [0, 0.05) is 18.4 Å². The van der Waals surface area contributed by atoms with Gasteiger partial charge in [0.2, 0.25) is 0 Å². The molecule has 23 heavy (non-hydrogen) atoms. The van der Waals surface area contributed by atoms with Gasteiger partial charge in [0.1, 0.15) is 0 Å². The lowest BCUT2D eigenvalue weighted by molar-refractivity contribution is 0.749. The SMILES string of the molecule is CC(C)c1cccc(NCc2cncn2Cc2ccccc2)c1. The van der Waals surface area contributed by atoms with Crippen LogP contribution in [0.2, 0.25) is 0 Å². The molecule has 1 aromatic heterocycles. The average molecular weight is 305 g/mol. The minimum absolute atomic E-state index is 0.542. The highest BCUT2D eigenvalue weighted by atomic mass is 15.1. The van der Waals surface area contributed by atoms with E-state index < -0.39 is 0 Å². The largest absolute Gasteiger partial charge is 0.379 e. The molecule has 3 nitrogen and oxygen atoms in total. The summed E-state index contributed by atoms with van der Waals surface area (Å²) in [6.45, 7) is 6.06. The molecule has 0 saturated heterocycles. The van der Waals surface area contributed by atoms with Crippen LogP contribution in [-0.4, -0.2) is 9.55 Å². The molecule has 3 aromatic rings. The van der Waals surface area contributed by atoms with Gasteiger partial charge < -0.3 is 9.88 Å². The van der Waals surface area contributed by atoms with E-state index in [2.05, 4.69) is 77.2 Å². The summed E-state index contributed by atoms with van der Waals surface area (Å²) in [6.07, 6.45) is 3.83. The minimum atomic E-state index is 0.542. The summed E-state index contributed by atoms with van der Waals surface area (Å²) in [5.74, 6) is 0.542. The van der Waals surface area contributed by atoms with Gasteiger partial charge in [0.05, 0.1) is 18.6 Å². The first-order valence-electron chi connectivity index (χ1n) is 8.09. The quantitative estimate of drug-likeness (QED) is 0.717. The molecule has 0 spiro atoms. The van der Waals surface area contributed by atoms with Crippen LogP contribution in [0.25, 0.3) is 0 Å². The molecular weight excluding hydrogens is 282 g/mol. The van der Waals surface area contributed by atoms with Gasteiger partial charge in [0.25, 0.3) is 0 Å². The summed E-state index contributed by atoms with van der Waals surface area (Å²) in [5.41, 5.74) is 4.98. The van der Waals surface area contributed by atoms with Crippen LogP contribution in [0.5, 0.6) is 0 Å². The number of anilines is 1. The number of aromatic nitrogens is 2. The fraction of sp³-hybridized carbons (Fsp3) is 0.250. The summed E-state index contributed by atoms with van der Waals surface area (Å²) in [7, 11) is 0. The highest BCUT2D eigenvalue weighted by molar-refractivity contribution is 5.46. The smallest absolute Gasteiger partial charge is 0.0951 e. The zero-order chi connectivity index (χ0) is 16.1. The van der Waals surface area contributed by atoms with Gasteiger partial charge in [-0.25, -0.2) is 4.98 Å². The van der Waals surface area contributed by atoms with E-state index in [1.807, 2.05) is 18.6 Å². The van der Waals surface area contributed by atoms with Crippen LogP contribution in [-0.2, 0) is 13.1 Å². The summed E-state index contributed by atoms with van der Waals surface area (Å²) < 4.78 is 2.19. The van der Waals surface area contributed by atoms with Crippen molar-refractivity contribution in [2.75, 3.05) is 5.32 Å². The third-order valence-electron chi connectivity index (χ3n) is 4.02. The number of rotatable bonds is 6. The standard InChI is InChI=1S/C20H23N3/c1-16(2)18-9-6-10-19(11-18)22-13-20-12-21-15-23(20)14-17-7-4-3-5-8-17/h3-12,15-16,22H,13-14H2,1-2H3. The zero-order valence-corrected chi connectivity index (χ0v) is 13.7. The Morgan fingerprint density at radius 2 is 1.87 bits per heavy atom. The second-order valence-corrected chi connectivity index (χ2v) is 6.13. The van der Waals surface area contributed by atoms with Gasteiger partial charge in [-0.05, 0) is 29.2 Å². The Balaban J connectivity index is 1.67. The predicted molar refractivity (Wildman–Crippen MR) is 95.6 cm³/mol. The van der Waals surface area contributed by atoms with E-state index in [0.29, 0.717) is 5.92 Å². The number of imidazole rings is 1. The number of benzene rings is 2. The van der Waals surface area contributed by atoms with Crippen molar-refractivity contribution in [3.05, 3.63) is 83.9 Å². The number of nitrogens with one attached hydrogen (secondary N) is 1. The third kappa shape index (κ3) is 4.01. The molecule has 0 bridgehead atoms. The maximum absolute atomic E-state index is 4.30. The zero-order valence-electron chi connectivity index (χ0n) is 13.7. The van der Waals surface area contributed by atoms with Crippen molar-refractivity contribution in [2.45, 2.75) is 32.9 Å². The molecule has 0 unspecified atom stereocenters. The van der Waals surface area contributed by atoms with E-state index in [0.717, 1.165) is 18.8 Å². The lowest BCUT2D eigenvalue weighted by Gasteiger charge is -2.12. The minimum Gasteiger partial charge on any atom is -0.379 e. The first-order valence-corrected chi connectivity index (χ1v) is 8.09. The molecule has 0 fully saturated rings. The van der Waals surface area contributed by atoms with Crippen LogP contribution >= 0.6 is 0 Å². The molecule has 118 valence electrons. The van der Waals surface area contributed by atoms with E-state index in [4.69, 9.17) is 0 Å². The number of hydrogen-bond acceptors (Lipinski definition) is 2. The normalized spacial score (nSPS) is 10.9. The molecule has 3 heteroatoms. The predicted octanol–water partition coefficient (Wildman–Crippen LogP) is 4.67. The van der Waals surface area contributed by atoms with Crippen molar-refractivity contribution in [1.29, 1.82) is 0 Å². The molecule has 1 heterocycles. The molecule has 3 rings (SSSR count). The van der Waals surface area contributed by atoms with Gasteiger partial charge in [-0.15, -0.1) is 0 Å². The van der Waals surface area contributed by atoms with Gasteiger partial charge in [0.15, 0.2) is 0 Å². The Labute approximate surface area is 138 Å². The first-order chi connectivity index (χ1) is 11.2. The van der Waals surface area contributed by atoms with E-state index in [1.54, 1.807) is 0 Å². The van der Waals surface area contributed by atoms with Crippen LogP contribution in [0.15, 0.2) is 67.1 Å². The Morgan fingerprint density at radius 1 is 1.04 bits per heavy atom. The summed E-state index contributed by atoms with van der Waals surface area (Å²) in [6, 6.07) is 19.1. The van der Waals surface area contributed by atoms with E-state index in [1.165, 1.54) is 16.8 Å². The van der Waals surface area contributed by atoms with Crippen molar-refractivity contribution in [3.63, 3.8) is 0 Å². The maximum Gasteiger partial charge on any atom is 0.0951 e. The summed E-state index contributed by atoms with van der Waals surface area (Å²) in [4.78, 5) is 4.30. The number of hydrogen-bond donors (Lipinski definition) is 1. The van der Waals surface area contributed by atoms with Crippen molar-refractivity contribution < 1.29 is 0 Å². The fourth-order valence-electron chi connectivity index (χ4n) is 2.62. The van der Waals surface area contributed by atoms with Crippen molar-refractivity contribution in [3.8, 4) is 0 Å². The summed E-state index contributed by atoms with van der Waals surface area (Å²) in [5, 5.41) is 3.51. The van der Waals surface area contributed by atoms with Gasteiger partial charge in [-0.3, -0.25) is 0 Å². The first kappa shape index (κ1) is 15.3. The highest BCUT2D eigenvalue weighted by Gasteiger charge is 2.04. The van der Waals surface area contributed by atoms with E-state index in [9.17, 15) is 0 Å². The average Bonchev–Trinajstić information content (AvgIpc) is 3.01. The summed E-state index contributed by atoms with van der Waals surface area (Å²) >= 11 is 0. The topological polar surface area (TPSA) is 29.9 Å². The molecule has 0 aliphatic heterocycles. The molecule has 0 aliphatic carbocycles. The van der Waals surface area contributed by atoms with Crippen molar-refractivity contribution >= 4 is 5.69 Å². The molecule has 0 atom stereocenters. The van der Waals surface area contributed by atoms with E-state index in [-0.39, 0.29) is 0 Å². The van der Waals surface area contributed by atoms with Crippen LogP contribution in [0.4, 0.5) is 5.69 Å². The fourth-order valence-corrected chi connectivity index (χ4v) is 2.62. The molecule has 0 radical (unpaired) electrons. The van der Waals surface area contributed by atoms with Crippen LogP contribution < -0.4 is 5.32 Å². The van der Waals surface area contributed by atoms with E-state index >= 15 is 0 Å². The second-order valence-electron chi connectivity index (χ2n) is 6.13. The molecule has 1 N–H and O–H groups in total. The van der Waals surface area contributed by atoms with Gasteiger partial charge >= 0.3 is 0 Å². The molecule has 0 amide bonds. The van der Waals surface area contributed by atoms with Crippen LogP contribution in [0.3, 0.4) is 0 Å². The lowest BCUT2D eigenvalue weighted by Crippen LogP contribution is -2.08. The second kappa shape index (κ2) is 7.14. The van der Waals surface area contributed by atoms with Gasteiger partial charge in [-0.1, -0.05) is 56.3 Å². The maximum atomic E-state index is 4.30. The third-order valence-corrected chi connectivity index (χ3v) is 4.02. The van der Waals surface area contributed by atoms with Crippen LogP contribution in [0.1, 0.15) is 36.6 Å². The van der Waals surface area contributed by atoms with Crippen molar-refractivity contribution in [1.82, 2.24) is 9.55 Å². The Kier molecular flexibility index (Phi) is 4.77. The van der Waals surface area contributed by atoms with Crippen LogP contribution in [0, 0.1) is 0 Å². The monoisotopic (exact) mass is 305 g/mol. The lowest BCUT2D eigenvalue weighted by atomic mass is 10.0. The Hall–Kier alpha value is -2.55. The van der Waals surface area contributed by atoms with Gasteiger partial charge in [-0.2, -0.15) is 0 Å². The molecule has 0 aliphatic rings. The molecule has 0 saturated carbocycles. The molecular formula is C20H23N3. The Morgan fingerprint density at radius 3 is 2.65 bits per heavy atom. The van der Waals surface area contributed by atoms with Crippen molar-refractivity contribution in [2.24, 2.45) is 0 Å². The Bertz CT molecular complexity index is 744. The number of nitrogens with zero attached hydrogens (tertiary/aromatic N) is 2.